The van der Waals surface area contributed by atoms with Gasteiger partial charge in [-0.2, -0.15) is 0 Å². The van der Waals surface area contributed by atoms with E-state index in [0.29, 0.717) is 6.54 Å². The lowest BCUT2D eigenvalue weighted by Crippen LogP contribution is -2.40. The summed E-state index contributed by atoms with van der Waals surface area (Å²) in [5.41, 5.74) is 3.94. The minimum atomic E-state index is -0.164. The second-order valence-corrected chi connectivity index (χ2v) is 9.29. The van der Waals surface area contributed by atoms with Crippen LogP contribution in [-0.4, -0.2) is 36.9 Å². The molecule has 0 aliphatic heterocycles. The van der Waals surface area contributed by atoms with E-state index >= 15 is 0 Å². The molecule has 3 rings (SSSR count). The van der Waals surface area contributed by atoms with Gasteiger partial charge < -0.3 is 15.1 Å². The molecule has 5 nitrogen and oxygen atoms in total. The smallest absolute Gasteiger partial charge is 0.230 e. The first-order valence-electron chi connectivity index (χ1n) is 11.8. The van der Waals surface area contributed by atoms with E-state index in [-0.39, 0.29) is 29.7 Å². The van der Waals surface area contributed by atoms with Crippen molar-refractivity contribution >= 4 is 23.2 Å². The molecular weight excluding hydrogens is 398 g/mol. The highest BCUT2D eigenvalue weighted by molar-refractivity contribution is 5.93. The Kier molecular flexibility index (Phi) is 7.94. The van der Waals surface area contributed by atoms with Crippen LogP contribution in [0, 0.1) is 5.92 Å². The van der Waals surface area contributed by atoms with E-state index in [1.807, 2.05) is 67.5 Å². The molecule has 0 aromatic heterocycles. The van der Waals surface area contributed by atoms with Gasteiger partial charge in [-0.3, -0.25) is 9.59 Å². The predicted molar refractivity (Wildman–Crippen MR) is 132 cm³/mol. The largest absolute Gasteiger partial charge is 0.377 e. The minimum Gasteiger partial charge on any atom is -0.377 e. The molecule has 1 aliphatic rings. The molecule has 1 saturated carbocycles. The molecule has 5 heteroatoms. The van der Waals surface area contributed by atoms with Crippen LogP contribution in [0.15, 0.2) is 48.5 Å². The number of carbonyl (C=O) groups excluding carboxylic acids is 2. The minimum absolute atomic E-state index is 0.0588. The highest BCUT2D eigenvalue weighted by Crippen LogP contribution is 2.31. The van der Waals surface area contributed by atoms with Gasteiger partial charge in [0, 0.05) is 44.0 Å². The molecule has 2 aromatic carbocycles. The van der Waals surface area contributed by atoms with E-state index < -0.39 is 0 Å². The molecule has 1 fully saturated rings. The van der Waals surface area contributed by atoms with E-state index in [9.17, 15) is 9.59 Å². The number of hydrogen-bond donors (Lipinski definition) is 1. The Balaban J connectivity index is 1.87. The average molecular weight is 436 g/mol. The highest BCUT2D eigenvalue weighted by Gasteiger charge is 2.28. The van der Waals surface area contributed by atoms with E-state index in [2.05, 4.69) is 31.0 Å². The predicted octanol–water partition coefficient (Wildman–Crippen LogP) is 5.42. The lowest BCUT2D eigenvalue weighted by molar-refractivity contribution is -0.135. The third kappa shape index (κ3) is 5.50. The number of nitrogens with one attached hydrogen (secondary N) is 1. The van der Waals surface area contributed by atoms with E-state index in [1.54, 1.807) is 0 Å². The van der Waals surface area contributed by atoms with Gasteiger partial charge in [0.15, 0.2) is 0 Å². The molecule has 1 N–H and O–H groups in total. The van der Waals surface area contributed by atoms with Crippen LogP contribution in [0.25, 0.3) is 0 Å². The van der Waals surface area contributed by atoms with Crippen LogP contribution in [0.3, 0.4) is 0 Å². The summed E-state index contributed by atoms with van der Waals surface area (Å²) >= 11 is 0. The van der Waals surface area contributed by atoms with E-state index in [4.69, 9.17) is 0 Å². The summed E-state index contributed by atoms with van der Waals surface area (Å²) in [6, 6.07) is 16.1. The zero-order valence-corrected chi connectivity index (χ0v) is 20.1. The highest BCUT2D eigenvalue weighted by atomic mass is 16.2. The lowest BCUT2D eigenvalue weighted by atomic mass is 9.85. The maximum atomic E-state index is 13.6. The monoisotopic (exact) mass is 435 g/mol. The van der Waals surface area contributed by atoms with Crippen LogP contribution >= 0.6 is 0 Å². The topological polar surface area (TPSA) is 52.7 Å². The van der Waals surface area contributed by atoms with Crippen LogP contribution in [0.4, 0.5) is 11.4 Å². The van der Waals surface area contributed by atoms with Crippen LogP contribution in [-0.2, 0) is 16.1 Å². The maximum absolute atomic E-state index is 13.6. The number of anilines is 2. The quantitative estimate of drug-likeness (QED) is 0.572. The van der Waals surface area contributed by atoms with Crippen LogP contribution in [0.1, 0.15) is 63.5 Å². The van der Waals surface area contributed by atoms with Crippen molar-refractivity contribution in [1.29, 1.82) is 0 Å². The molecule has 0 saturated heterocycles. The van der Waals surface area contributed by atoms with Gasteiger partial charge in [-0.25, -0.2) is 0 Å². The van der Waals surface area contributed by atoms with Crippen molar-refractivity contribution in [1.82, 2.24) is 4.90 Å². The first-order chi connectivity index (χ1) is 15.3. The van der Waals surface area contributed by atoms with Gasteiger partial charge in [-0.15, -0.1) is 0 Å². The zero-order chi connectivity index (χ0) is 23.3. The Morgan fingerprint density at radius 2 is 1.75 bits per heavy atom. The van der Waals surface area contributed by atoms with Crippen LogP contribution in [0.2, 0.25) is 0 Å². The summed E-state index contributed by atoms with van der Waals surface area (Å²) in [4.78, 5) is 30.1. The number of hydrogen-bond acceptors (Lipinski definition) is 3. The van der Waals surface area contributed by atoms with Crippen LogP contribution < -0.4 is 10.2 Å². The van der Waals surface area contributed by atoms with Gasteiger partial charge in [0.1, 0.15) is 0 Å². The molecule has 32 heavy (non-hydrogen) atoms. The van der Waals surface area contributed by atoms with Crippen molar-refractivity contribution in [2.45, 2.75) is 65.0 Å². The summed E-state index contributed by atoms with van der Waals surface area (Å²) in [6.45, 7) is 6.69. The summed E-state index contributed by atoms with van der Waals surface area (Å²) in [7, 11) is 4.01. The Bertz CT molecular complexity index is 920. The molecule has 1 unspecified atom stereocenters. The normalized spacial score (nSPS) is 14.6. The Morgan fingerprint density at radius 1 is 1.06 bits per heavy atom. The van der Waals surface area contributed by atoms with Gasteiger partial charge in [0.25, 0.3) is 0 Å². The van der Waals surface area contributed by atoms with E-state index in [1.165, 1.54) is 0 Å². The SMILES string of the molecule is CCC(C(=O)N(Cc1cc(NC(=O)C2CCC2)ccc1N(C)C)C(C)C)c1ccccc1. The maximum Gasteiger partial charge on any atom is 0.230 e. The Labute approximate surface area is 192 Å². The second kappa shape index (κ2) is 10.7. The van der Waals surface area contributed by atoms with E-state index in [0.717, 1.165) is 48.2 Å². The fourth-order valence-corrected chi connectivity index (χ4v) is 4.28. The van der Waals surface area contributed by atoms with Crippen LogP contribution in [0.5, 0.6) is 0 Å². The first kappa shape index (κ1) is 23.8. The molecule has 0 radical (unpaired) electrons. The number of nitrogens with zero attached hydrogens (tertiary/aromatic N) is 2. The molecule has 0 spiro atoms. The second-order valence-electron chi connectivity index (χ2n) is 9.29. The fourth-order valence-electron chi connectivity index (χ4n) is 4.28. The average Bonchev–Trinajstić information content (AvgIpc) is 2.71. The third-order valence-electron chi connectivity index (χ3n) is 6.46. The van der Waals surface area contributed by atoms with Gasteiger partial charge in [0.2, 0.25) is 11.8 Å². The van der Waals surface area contributed by atoms with Gasteiger partial charge in [0.05, 0.1) is 5.92 Å². The molecular formula is C27H37N3O2. The molecule has 2 amide bonds. The number of carbonyl (C=O) groups is 2. The molecule has 1 atom stereocenters. The summed E-state index contributed by atoms with van der Waals surface area (Å²) < 4.78 is 0. The van der Waals surface area contributed by atoms with Crippen molar-refractivity contribution in [3.63, 3.8) is 0 Å². The molecule has 1 aliphatic carbocycles. The number of benzene rings is 2. The molecule has 0 heterocycles. The van der Waals surface area contributed by atoms with Gasteiger partial charge in [-0.1, -0.05) is 43.7 Å². The third-order valence-corrected chi connectivity index (χ3v) is 6.46. The fraction of sp³-hybridized carbons (Fsp3) is 0.481. The lowest BCUT2D eigenvalue weighted by Gasteiger charge is -2.32. The standard InChI is InChI=1S/C27H37N3O2/c1-6-24(20-11-8-7-9-12-20)27(32)30(19(2)3)18-22-17-23(15-16-25(22)29(4)5)28-26(31)21-13-10-14-21/h7-9,11-12,15-17,19,21,24H,6,10,13-14,18H2,1-5H3,(H,28,31). The van der Waals surface area contributed by atoms with Crippen molar-refractivity contribution in [2.75, 3.05) is 24.3 Å². The summed E-state index contributed by atoms with van der Waals surface area (Å²) in [5, 5.41) is 3.08. The van der Waals surface area contributed by atoms with Gasteiger partial charge >= 0.3 is 0 Å². The van der Waals surface area contributed by atoms with Crippen molar-refractivity contribution in [2.24, 2.45) is 5.92 Å². The van der Waals surface area contributed by atoms with Crippen molar-refractivity contribution in [3.8, 4) is 0 Å². The van der Waals surface area contributed by atoms with Gasteiger partial charge in [-0.05, 0) is 62.4 Å². The molecule has 172 valence electrons. The Hall–Kier alpha value is -2.82. The summed E-state index contributed by atoms with van der Waals surface area (Å²) in [5.74, 6) is 0.217. The number of rotatable bonds is 9. The molecule has 0 bridgehead atoms. The zero-order valence-electron chi connectivity index (χ0n) is 20.1. The number of amides is 2. The van der Waals surface area contributed by atoms with Crippen molar-refractivity contribution in [3.05, 3.63) is 59.7 Å². The first-order valence-corrected chi connectivity index (χ1v) is 11.8. The van der Waals surface area contributed by atoms with Crippen molar-refractivity contribution < 1.29 is 9.59 Å². The molecule has 2 aromatic rings. The Morgan fingerprint density at radius 3 is 2.28 bits per heavy atom. The summed E-state index contributed by atoms with van der Waals surface area (Å²) in [6.07, 6.45) is 3.84.